The molecule has 2 aromatic carbocycles. The molecule has 2 heterocycles. The maximum atomic E-state index is 13.0. The zero-order valence-corrected chi connectivity index (χ0v) is 13.6. The quantitative estimate of drug-likeness (QED) is 0.934. The maximum absolute atomic E-state index is 13.0. The van der Waals surface area contributed by atoms with E-state index < -0.39 is 6.04 Å². The van der Waals surface area contributed by atoms with Crippen LogP contribution in [0.2, 0.25) is 0 Å². The first kappa shape index (κ1) is 15.5. The van der Waals surface area contributed by atoms with Gasteiger partial charge in [0.1, 0.15) is 6.04 Å². The smallest absolute Gasteiger partial charge is 0.258 e. The van der Waals surface area contributed by atoms with Gasteiger partial charge in [-0.05, 0) is 37.1 Å². The molecule has 2 aromatic rings. The number of ether oxygens (including phenoxy) is 2. The highest BCUT2D eigenvalue weighted by atomic mass is 16.7. The molecule has 128 valence electrons. The van der Waals surface area contributed by atoms with Crippen molar-refractivity contribution in [3.8, 4) is 11.5 Å². The van der Waals surface area contributed by atoms with Gasteiger partial charge in [0.2, 0.25) is 12.7 Å². The van der Waals surface area contributed by atoms with Gasteiger partial charge in [-0.25, -0.2) is 0 Å². The molecule has 2 amide bonds. The molecule has 0 aromatic heterocycles. The van der Waals surface area contributed by atoms with E-state index in [1.807, 2.05) is 30.3 Å². The third kappa shape index (κ3) is 2.91. The Morgan fingerprint density at radius 3 is 2.72 bits per heavy atom. The Kier molecular flexibility index (Phi) is 4.01. The Balaban J connectivity index is 1.54. The number of fused-ring (bicyclic) bond motifs is 1. The van der Waals surface area contributed by atoms with E-state index in [1.165, 1.54) is 0 Å². The normalized spacial score (nSPS) is 18.2. The van der Waals surface area contributed by atoms with Crippen LogP contribution in [0.3, 0.4) is 0 Å². The van der Waals surface area contributed by atoms with Crippen molar-refractivity contribution < 1.29 is 19.1 Å². The second-order valence-corrected chi connectivity index (χ2v) is 6.05. The summed E-state index contributed by atoms with van der Waals surface area (Å²) in [6.07, 6.45) is 1.45. The number of anilines is 1. The number of nitrogens with one attached hydrogen (secondary N) is 1. The highest BCUT2D eigenvalue weighted by Gasteiger charge is 2.36. The lowest BCUT2D eigenvalue weighted by molar-refractivity contribution is -0.119. The minimum atomic E-state index is -0.481. The second-order valence-electron chi connectivity index (χ2n) is 6.05. The summed E-state index contributed by atoms with van der Waals surface area (Å²) in [6.45, 7) is 0.660. The summed E-state index contributed by atoms with van der Waals surface area (Å²) in [6, 6.07) is 14.0. The van der Waals surface area contributed by atoms with Crippen LogP contribution in [-0.2, 0) is 4.79 Å². The van der Waals surface area contributed by atoms with Crippen LogP contribution in [0.15, 0.2) is 48.5 Å². The standard InChI is InChI=1S/C19H18N2O4/c22-18(20-13-6-2-1-3-7-13)15-9-5-11-21(15)19(23)14-8-4-10-16-17(14)25-12-24-16/h1-4,6-8,10,15H,5,9,11-12H2,(H,20,22). The molecule has 2 aliphatic rings. The van der Waals surface area contributed by atoms with Crippen molar-refractivity contribution in [1.29, 1.82) is 0 Å². The molecule has 0 radical (unpaired) electrons. The molecule has 1 saturated heterocycles. The number of likely N-dealkylation sites (tertiary alicyclic amines) is 1. The van der Waals surface area contributed by atoms with Crippen LogP contribution in [0.4, 0.5) is 5.69 Å². The average molecular weight is 338 g/mol. The van der Waals surface area contributed by atoms with Crippen molar-refractivity contribution in [2.45, 2.75) is 18.9 Å². The summed E-state index contributed by atoms with van der Waals surface area (Å²) in [4.78, 5) is 27.2. The first-order valence-electron chi connectivity index (χ1n) is 8.29. The lowest BCUT2D eigenvalue weighted by Crippen LogP contribution is -2.43. The number of para-hydroxylation sites is 2. The van der Waals surface area contributed by atoms with E-state index in [9.17, 15) is 9.59 Å². The number of nitrogens with zero attached hydrogens (tertiary/aromatic N) is 1. The predicted octanol–water partition coefficient (Wildman–Crippen LogP) is 2.66. The Morgan fingerprint density at radius 2 is 1.88 bits per heavy atom. The van der Waals surface area contributed by atoms with Gasteiger partial charge >= 0.3 is 0 Å². The maximum Gasteiger partial charge on any atom is 0.258 e. The van der Waals surface area contributed by atoms with E-state index in [1.54, 1.807) is 23.1 Å². The molecular weight excluding hydrogens is 320 g/mol. The third-order valence-corrected chi connectivity index (χ3v) is 4.48. The lowest BCUT2D eigenvalue weighted by atomic mass is 10.1. The molecule has 1 N–H and O–H groups in total. The van der Waals surface area contributed by atoms with Gasteiger partial charge in [0.05, 0.1) is 5.56 Å². The van der Waals surface area contributed by atoms with Gasteiger partial charge < -0.3 is 19.7 Å². The van der Waals surface area contributed by atoms with Crippen molar-refractivity contribution in [2.24, 2.45) is 0 Å². The first-order valence-corrected chi connectivity index (χ1v) is 8.29. The topological polar surface area (TPSA) is 67.9 Å². The minimum absolute atomic E-state index is 0.109. The molecule has 1 unspecified atom stereocenters. The molecule has 4 rings (SSSR count). The molecule has 0 saturated carbocycles. The van der Waals surface area contributed by atoms with Gasteiger partial charge in [0, 0.05) is 12.2 Å². The number of hydrogen-bond donors (Lipinski definition) is 1. The zero-order chi connectivity index (χ0) is 17.2. The van der Waals surface area contributed by atoms with Crippen LogP contribution in [0, 0.1) is 0 Å². The Morgan fingerprint density at radius 1 is 1.04 bits per heavy atom. The number of carbonyl (C=O) groups excluding carboxylic acids is 2. The van der Waals surface area contributed by atoms with Gasteiger partial charge in [-0.3, -0.25) is 9.59 Å². The minimum Gasteiger partial charge on any atom is -0.454 e. The molecule has 0 bridgehead atoms. The predicted molar refractivity (Wildman–Crippen MR) is 91.7 cm³/mol. The fourth-order valence-corrected chi connectivity index (χ4v) is 3.28. The molecule has 1 atom stereocenters. The molecule has 6 heteroatoms. The molecule has 0 spiro atoms. The fourth-order valence-electron chi connectivity index (χ4n) is 3.28. The first-order chi connectivity index (χ1) is 12.2. The van der Waals surface area contributed by atoms with Gasteiger partial charge in [-0.15, -0.1) is 0 Å². The number of rotatable bonds is 3. The second kappa shape index (κ2) is 6.47. The van der Waals surface area contributed by atoms with Crippen molar-refractivity contribution >= 4 is 17.5 Å². The van der Waals surface area contributed by atoms with Crippen molar-refractivity contribution in [3.05, 3.63) is 54.1 Å². The van der Waals surface area contributed by atoms with Crippen molar-refractivity contribution in [2.75, 3.05) is 18.7 Å². The Bertz CT molecular complexity index is 806. The van der Waals surface area contributed by atoms with Crippen LogP contribution >= 0.6 is 0 Å². The molecule has 6 nitrogen and oxygen atoms in total. The SMILES string of the molecule is O=C(Nc1ccccc1)C1CCCN1C(=O)c1cccc2c1OCO2. The van der Waals surface area contributed by atoms with E-state index in [0.29, 0.717) is 30.0 Å². The number of amides is 2. The monoisotopic (exact) mass is 338 g/mol. The molecular formula is C19H18N2O4. The number of benzene rings is 2. The van der Waals surface area contributed by atoms with Gasteiger partial charge in [0.25, 0.3) is 5.91 Å². The number of carbonyl (C=O) groups is 2. The van der Waals surface area contributed by atoms with Gasteiger partial charge in [-0.2, -0.15) is 0 Å². The van der Waals surface area contributed by atoms with Gasteiger partial charge in [0.15, 0.2) is 11.5 Å². The van der Waals surface area contributed by atoms with Crippen molar-refractivity contribution in [3.63, 3.8) is 0 Å². The number of hydrogen-bond acceptors (Lipinski definition) is 4. The lowest BCUT2D eigenvalue weighted by Gasteiger charge is -2.24. The van der Waals surface area contributed by atoms with Crippen LogP contribution in [0.5, 0.6) is 11.5 Å². The summed E-state index contributed by atoms with van der Waals surface area (Å²) in [5, 5.41) is 2.88. The zero-order valence-electron chi connectivity index (χ0n) is 13.6. The van der Waals surface area contributed by atoms with E-state index >= 15 is 0 Å². The largest absolute Gasteiger partial charge is 0.454 e. The molecule has 0 aliphatic carbocycles. The highest BCUT2D eigenvalue weighted by molar-refractivity contribution is 6.03. The average Bonchev–Trinajstić information content (AvgIpc) is 3.31. The summed E-state index contributed by atoms with van der Waals surface area (Å²) in [5.74, 6) is 0.659. The van der Waals surface area contributed by atoms with Crippen LogP contribution in [-0.4, -0.2) is 36.1 Å². The Hall–Kier alpha value is -3.02. The molecule has 1 fully saturated rings. The van der Waals surface area contributed by atoms with Crippen LogP contribution in [0.25, 0.3) is 0 Å². The van der Waals surface area contributed by atoms with E-state index in [2.05, 4.69) is 5.32 Å². The molecule has 2 aliphatic heterocycles. The fraction of sp³-hybridized carbons (Fsp3) is 0.263. The van der Waals surface area contributed by atoms with Gasteiger partial charge in [-0.1, -0.05) is 24.3 Å². The Labute approximate surface area is 145 Å². The van der Waals surface area contributed by atoms with E-state index in [0.717, 1.165) is 12.1 Å². The summed E-state index contributed by atoms with van der Waals surface area (Å²) < 4.78 is 10.8. The molecule has 25 heavy (non-hydrogen) atoms. The van der Waals surface area contributed by atoms with Crippen LogP contribution in [0.1, 0.15) is 23.2 Å². The van der Waals surface area contributed by atoms with E-state index in [4.69, 9.17) is 9.47 Å². The van der Waals surface area contributed by atoms with E-state index in [-0.39, 0.29) is 18.6 Å². The summed E-state index contributed by atoms with van der Waals surface area (Å²) in [5.41, 5.74) is 1.17. The van der Waals surface area contributed by atoms with Crippen LogP contribution < -0.4 is 14.8 Å². The summed E-state index contributed by atoms with van der Waals surface area (Å²) >= 11 is 0. The highest BCUT2D eigenvalue weighted by Crippen LogP contribution is 2.36. The van der Waals surface area contributed by atoms with Crippen molar-refractivity contribution in [1.82, 2.24) is 4.90 Å². The summed E-state index contributed by atoms with van der Waals surface area (Å²) in [7, 11) is 0. The third-order valence-electron chi connectivity index (χ3n) is 4.48.